The third-order valence-electron chi connectivity index (χ3n) is 6.85. The fourth-order valence-electron chi connectivity index (χ4n) is 4.94. The first-order valence-electron chi connectivity index (χ1n) is 11.9. The van der Waals surface area contributed by atoms with Crippen molar-refractivity contribution in [2.45, 2.75) is 42.7 Å². The molecule has 2 N–H and O–H groups in total. The molecule has 0 saturated carbocycles. The number of nitrogens with zero attached hydrogens (tertiary/aromatic N) is 1. The first-order chi connectivity index (χ1) is 18.0. The highest BCUT2D eigenvalue weighted by atomic mass is 32.2. The van der Waals surface area contributed by atoms with Crippen LogP contribution >= 0.6 is 0 Å². The fourth-order valence-corrected chi connectivity index (χ4v) is 6.55. The van der Waals surface area contributed by atoms with Crippen LogP contribution in [-0.2, 0) is 19.6 Å². The van der Waals surface area contributed by atoms with Gasteiger partial charge in [-0.3, -0.25) is 9.10 Å². The number of halogens is 2. The highest BCUT2D eigenvalue weighted by molar-refractivity contribution is 7.92. The van der Waals surface area contributed by atoms with E-state index < -0.39 is 45.2 Å². The molecule has 0 unspecified atom stereocenters. The molecule has 198 valence electrons. The zero-order valence-electron chi connectivity index (χ0n) is 20.3. The van der Waals surface area contributed by atoms with Gasteiger partial charge in [-0.2, -0.15) is 0 Å². The second-order valence-electron chi connectivity index (χ2n) is 9.54. The number of carbonyl (C=O) groups is 2. The summed E-state index contributed by atoms with van der Waals surface area (Å²) in [5, 5.41) is 12.4. The van der Waals surface area contributed by atoms with E-state index in [2.05, 4.69) is 5.32 Å². The molecule has 3 aromatic carbocycles. The Hall–Kier alpha value is -3.99. The number of hydrogen-bond donors (Lipinski definition) is 2. The molecule has 2 aliphatic heterocycles. The van der Waals surface area contributed by atoms with E-state index in [0.717, 1.165) is 22.5 Å². The molecule has 1 fully saturated rings. The van der Waals surface area contributed by atoms with Crippen molar-refractivity contribution in [1.29, 1.82) is 0 Å². The average Bonchev–Trinajstić information content (AvgIpc) is 3.26. The van der Waals surface area contributed by atoms with Crippen LogP contribution < -0.4 is 14.4 Å². The number of benzene rings is 3. The van der Waals surface area contributed by atoms with E-state index in [1.165, 1.54) is 30.3 Å². The summed E-state index contributed by atoms with van der Waals surface area (Å²) in [7, 11) is -4.18. The summed E-state index contributed by atoms with van der Waals surface area (Å²) in [5.41, 5.74) is -0.601. The van der Waals surface area contributed by atoms with E-state index in [-0.39, 0.29) is 53.3 Å². The summed E-state index contributed by atoms with van der Waals surface area (Å²) >= 11 is 0. The van der Waals surface area contributed by atoms with Crippen LogP contribution in [0.25, 0.3) is 11.1 Å². The zero-order chi connectivity index (χ0) is 27.2. The fraction of sp³-hybridized carbons (Fsp3) is 0.259. The van der Waals surface area contributed by atoms with Gasteiger partial charge in [-0.25, -0.2) is 22.0 Å². The largest absolute Gasteiger partial charge is 0.486 e. The number of ether oxygens (including phenoxy) is 1. The topological polar surface area (TPSA) is 113 Å². The number of aryl methyl sites for hydroxylation is 1. The first kappa shape index (κ1) is 25.7. The van der Waals surface area contributed by atoms with Gasteiger partial charge in [0.2, 0.25) is 5.91 Å². The van der Waals surface area contributed by atoms with Crippen LogP contribution in [-0.4, -0.2) is 43.6 Å². The quantitative estimate of drug-likeness (QED) is 0.487. The van der Waals surface area contributed by atoms with Gasteiger partial charge in [-0.15, -0.1) is 0 Å². The molecule has 2 atom stereocenters. The third-order valence-corrected chi connectivity index (χ3v) is 8.63. The molecular weight excluding hydrogens is 518 g/mol. The van der Waals surface area contributed by atoms with Crippen LogP contribution in [0, 0.1) is 18.6 Å². The highest BCUT2D eigenvalue weighted by Crippen LogP contribution is 2.42. The number of fused-ring (bicyclic) bond motifs is 1. The minimum absolute atomic E-state index is 0.00792. The van der Waals surface area contributed by atoms with Gasteiger partial charge in [-0.05, 0) is 66.9 Å². The minimum atomic E-state index is -4.18. The lowest BCUT2D eigenvalue weighted by molar-refractivity contribution is -0.146. The van der Waals surface area contributed by atoms with Crippen molar-refractivity contribution in [3.8, 4) is 16.9 Å². The molecule has 2 heterocycles. The lowest BCUT2D eigenvalue weighted by Gasteiger charge is -2.38. The Morgan fingerprint density at radius 3 is 2.63 bits per heavy atom. The predicted octanol–water partition coefficient (Wildman–Crippen LogP) is 4.02. The smallest absolute Gasteiger partial charge is 0.329 e. The molecule has 1 saturated heterocycles. The lowest BCUT2D eigenvalue weighted by atomic mass is 9.90. The molecule has 38 heavy (non-hydrogen) atoms. The van der Waals surface area contributed by atoms with Crippen molar-refractivity contribution in [1.82, 2.24) is 5.32 Å². The summed E-state index contributed by atoms with van der Waals surface area (Å²) in [5.74, 6) is -2.85. The number of carboxylic acid groups (broad SMARTS) is 1. The van der Waals surface area contributed by atoms with Crippen LogP contribution in [0.2, 0.25) is 0 Å². The van der Waals surface area contributed by atoms with Crippen LogP contribution in [0.3, 0.4) is 0 Å². The second-order valence-corrected chi connectivity index (χ2v) is 11.4. The Morgan fingerprint density at radius 1 is 1.16 bits per heavy atom. The predicted molar refractivity (Wildman–Crippen MR) is 134 cm³/mol. The molecule has 0 spiro atoms. The van der Waals surface area contributed by atoms with Crippen molar-refractivity contribution >= 4 is 27.6 Å². The van der Waals surface area contributed by atoms with E-state index >= 15 is 0 Å². The number of carbonyl (C=O) groups excluding carboxylic acids is 1. The Balaban J connectivity index is 1.61. The van der Waals surface area contributed by atoms with Gasteiger partial charge >= 0.3 is 5.97 Å². The number of hydrogen-bond acceptors (Lipinski definition) is 5. The number of aliphatic carboxylic acids is 1. The summed E-state index contributed by atoms with van der Waals surface area (Å²) in [6.45, 7) is 1.49. The average molecular weight is 543 g/mol. The van der Waals surface area contributed by atoms with Crippen molar-refractivity contribution in [3.63, 3.8) is 0 Å². The zero-order valence-corrected chi connectivity index (χ0v) is 21.1. The number of anilines is 1. The SMILES string of the molecule is Cc1cccc(S(=O)(=O)N2C[C@H](C[C@@]3(C(=O)O)CCC(=O)N3)Oc3ccc(-c4cc(F)ccc4F)cc32)c1. The normalized spacial score (nSPS) is 21.0. The first-order valence-corrected chi connectivity index (χ1v) is 13.3. The van der Waals surface area contributed by atoms with Crippen molar-refractivity contribution in [2.24, 2.45) is 0 Å². The molecule has 0 radical (unpaired) electrons. The summed E-state index contributed by atoms with van der Waals surface area (Å²) < 4.78 is 63.3. The summed E-state index contributed by atoms with van der Waals surface area (Å²) in [6.07, 6.45) is -1.03. The molecular formula is C27H24F2N2O6S. The molecule has 5 rings (SSSR count). The van der Waals surface area contributed by atoms with Gasteiger partial charge in [0.15, 0.2) is 0 Å². The summed E-state index contributed by atoms with van der Waals surface area (Å²) in [4.78, 5) is 24.0. The summed E-state index contributed by atoms with van der Waals surface area (Å²) in [6, 6.07) is 13.6. The second kappa shape index (κ2) is 9.39. The van der Waals surface area contributed by atoms with Crippen LogP contribution in [0.5, 0.6) is 5.75 Å². The minimum Gasteiger partial charge on any atom is -0.486 e. The van der Waals surface area contributed by atoms with Crippen LogP contribution in [0.4, 0.5) is 14.5 Å². The van der Waals surface area contributed by atoms with Gasteiger partial charge in [-0.1, -0.05) is 18.2 Å². The molecule has 0 bridgehead atoms. The molecule has 1 amide bonds. The Labute approximate surface area is 217 Å². The Bertz CT molecular complexity index is 1560. The molecule has 0 aliphatic carbocycles. The molecule has 2 aliphatic rings. The Morgan fingerprint density at radius 2 is 1.95 bits per heavy atom. The Kier molecular flexibility index (Phi) is 6.34. The van der Waals surface area contributed by atoms with E-state index in [1.807, 2.05) is 0 Å². The van der Waals surface area contributed by atoms with Crippen LogP contribution in [0.1, 0.15) is 24.8 Å². The van der Waals surface area contributed by atoms with Gasteiger partial charge < -0.3 is 15.2 Å². The van der Waals surface area contributed by atoms with Gasteiger partial charge in [0, 0.05) is 18.4 Å². The maximum Gasteiger partial charge on any atom is 0.329 e. The maximum absolute atomic E-state index is 14.5. The molecule has 8 nitrogen and oxygen atoms in total. The standard InChI is InChI=1S/C27H24F2N2O6S/c1-16-3-2-4-20(11-16)38(35,36)31-15-19(14-27(26(33)34)10-9-25(32)30-27)37-24-8-5-17(12-23(24)31)21-13-18(28)6-7-22(21)29/h2-8,11-13,19H,9-10,14-15H2,1H3,(H,30,32)(H,33,34)/t19-,27+/m0/s1. The van der Waals surface area contributed by atoms with Gasteiger partial charge in [0.25, 0.3) is 10.0 Å². The molecule has 0 aromatic heterocycles. The van der Waals surface area contributed by atoms with Crippen LogP contribution in [0.15, 0.2) is 65.6 Å². The van der Waals surface area contributed by atoms with Crippen molar-refractivity contribution < 1.29 is 36.6 Å². The van der Waals surface area contributed by atoms with Gasteiger partial charge in [0.05, 0.1) is 17.1 Å². The number of nitrogens with one attached hydrogen (secondary N) is 1. The van der Waals surface area contributed by atoms with Crippen molar-refractivity contribution in [2.75, 3.05) is 10.8 Å². The number of rotatable bonds is 6. The number of carboxylic acids is 1. The monoisotopic (exact) mass is 542 g/mol. The van der Waals surface area contributed by atoms with E-state index in [4.69, 9.17) is 4.74 Å². The molecule has 3 aromatic rings. The van der Waals surface area contributed by atoms with E-state index in [0.29, 0.717) is 5.56 Å². The highest BCUT2D eigenvalue weighted by Gasteiger charge is 2.48. The van der Waals surface area contributed by atoms with E-state index in [9.17, 15) is 31.9 Å². The van der Waals surface area contributed by atoms with Gasteiger partial charge in [0.1, 0.15) is 29.0 Å². The number of amides is 1. The maximum atomic E-state index is 14.5. The van der Waals surface area contributed by atoms with E-state index in [1.54, 1.807) is 19.1 Å². The lowest BCUT2D eigenvalue weighted by Crippen LogP contribution is -2.54. The molecule has 11 heteroatoms. The third kappa shape index (κ3) is 4.58. The van der Waals surface area contributed by atoms with Crippen molar-refractivity contribution in [3.05, 3.63) is 77.9 Å². The number of sulfonamides is 1.